The van der Waals surface area contributed by atoms with Gasteiger partial charge in [-0.25, -0.2) is 4.79 Å². The number of alkyl halides is 1. The molecule has 0 saturated carbocycles. The first kappa shape index (κ1) is 19.9. The van der Waals surface area contributed by atoms with Crippen LogP contribution in [0.15, 0.2) is 18.2 Å². The van der Waals surface area contributed by atoms with Gasteiger partial charge >= 0.3 is 6.09 Å². The number of ether oxygens (including phenoxy) is 2. The average Bonchev–Trinajstić information content (AvgIpc) is 2.56. The van der Waals surface area contributed by atoms with E-state index in [-0.39, 0.29) is 12.5 Å². The van der Waals surface area contributed by atoms with Crippen molar-refractivity contribution in [3.8, 4) is 11.8 Å². The standard InChI is InChI=1S/C18H22ClN3O4/c1-12(23)22(11-13(19)10-20)14-5-6-15-16(9-14)25-8-7-21(15)17(24)26-18(2,3)4/h5-6,9,13H,7-8,11H2,1-4H3. The van der Waals surface area contributed by atoms with E-state index < -0.39 is 17.1 Å². The molecule has 26 heavy (non-hydrogen) atoms. The molecule has 0 N–H and O–H groups in total. The van der Waals surface area contributed by atoms with E-state index in [9.17, 15) is 9.59 Å². The van der Waals surface area contributed by atoms with Crippen LogP contribution in [0.3, 0.4) is 0 Å². The number of carbonyl (C=O) groups excluding carboxylic acids is 2. The van der Waals surface area contributed by atoms with Crippen molar-refractivity contribution >= 4 is 35.0 Å². The molecule has 2 rings (SSSR count). The van der Waals surface area contributed by atoms with E-state index in [4.69, 9.17) is 26.3 Å². The van der Waals surface area contributed by atoms with Crippen LogP contribution in [0.4, 0.5) is 16.2 Å². The third kappa shape index (κ3) is 4.79. The fourth-order valence-electron chi connectivity index (χ4n) is 2.50. The van der Waals surface area contributed by atoms with Crippen LogP contribution in [0.2, 0.25) is 0 Å². The Labute approximate surface area is 158 Å². The lowest BCUT2D eigenvalue weighted by Crippen LogP contribution is -2.41. The first-order valence-electron chi connectivity index (χ1n) is 8.21. The van der Waals surface area contributed by atoms with Crippen LogP contribution < -0.4 is 14.5 Å². The molecule has 1 aromatic carbocycles. The molecule has 1 unspecified atom stereocenters. The highest BCUT2D eigenvalue weighted by Crippen LogP contribution is 2.36. The Hall–Kier alpha value is -2.46. The second-order valence-corrected chi connectivity index (χ2v) is 7.39. The summed E-state index contributed by atoms with van der Waals surface area (Å²) in [5.74, 6) is 0.222. The van der Waals surface area contributed by atoms with E-state index in [1.165, 1.54) is 16.7 Å². The number of nitriles is 1. The summed E-state index contributed by atoms with van der Waals surface area (Å²) in [6.45, 7) is 7.55. The average molecular weight is 380 g/mol. The molecule has 0 saturated heterocycles. The Morgan fingerprint density at radius 1 is 1.46 bits per heavy atom. The minimum absolute atomic E-state index is 0.0575. The number of halogens is 1. The summed E-state index contributed by atoms with van der Waals surface area (Å²) in [5.41, 5.74) is 0.511. The molecule has 0 bridgehead atoms. The number of rotatable bonds is 3. The summed E-state index contributed by atoms with van der Waals surface area (Å²) < 4.78 is 11.1. The minimum atomic E-state index is -0.825. The number of fused-ring (bicyclic) bond motifs is 1. The monoisotopic (exact) mass is 379 g/mol. The number of benzene rings is 1. The largest absolute Gasteiger partial charge is 0.489 e. The molecule has 0 aliphatic carbocycles. The van der Waals surface area contributed by atoms with Gasteiger partial charge in [0.2, 0.25) is 5.91 Å². The Morgan fingerprint density at radius 3 is 2.73 bits per heavy atom. The maximum Gasteiger partial charge on any atom is 0.415 e. The van der Waals surface area contributed by atoms with Gasteiger partial charge in [0.05, 0.1) is 24.8 Å². The van der Waals surface area contributed by atoms with Gasteiger partial charge in [0.1, 0.15) is 23.3 Å². The van der Waals surface area contributed by atoms with Crippen molar-refractivity contribution in [3.05, 3.63) is 18.2 Å². The number of nitrogens with zero attached hydrogens (tertiary/aromatic N) is 3. The van der Waals surface area contributed by atoms with Gasteiger partial charge < -0.3 is 14.4 Å². The number of hydrogen-bond donors (Lipinski definition) is 0. The Kier molecular flexibility index (Phi) is 5.98. The normalized spacial score (nSPS) is 14.5. The molecular formula is C18H22ClN3O4. The van der Waals surface area contributed by atoms with Crippen molar-refractivity contribution in [2.45, 2.75) is 38.7 Å². The molecule has 8 heteroatoms. The second-order valence-electron chi connectivity index (χ2n) is 6.86. The zero-order valence-electron chi connectivity index (χ0n) is 15.3. The van der Waals surface area contributed by atoms with Crippen molar-refractivity contribution in [1.82, 2.24) is 0 Å². The van der Waals surface area contributed by atoms with Crippen molar-refractivity contribution < 1.29 is 19.1 Å². The van der Waals surface area contributed by atoms with Gasteiger partial charge in [-0.05, 0) is 32.9 Å². The van der Waals surface area contributed by atoms with Crippen molar-refractivity contribution in [1.29, 1.82) is 5.26 Å². The van der Waals surface area contributed by atoms with Crippen LogP contribution >= 0.6 is 11.6 Å². The third-order valence-electron chi connectivity index (χ3n) is 3.60. The number of carbonyl (C=O) groups is 2. The van der Waals surface area contributed by atoms with Gasteiger partial charge in [0.15, 0.2) is 0 Å². The van der Waals surface area contributed by atoms with Gasteiger partial charge in [-0.2, -0.15) is 5.26 Å². The van der Waals surface area contributed by atoms with E-state index in [2.05, 4.69) is 0 Å². The molecule has 0 aromatic heterocycles. The van der Waals surface area contributed by atoms with E-state index >= 15 is 0 Å². The van der Waals surface area contributed by atoms with E-state index in [1.54, 1.807) is 39.0 Å². The molecule has 140 valence electrons. The summed E-state index contributed by atoms with van der Waals surface area (Å²) in [6.07, 6.45) is -0.455. The maximum absolute atomic E-state index is 12.4. The lowest BCUT2D eigenvalue weighted by molar-refractivity contribution is -0.116. The molecule has 2 amide bonds. The smallest absolute Gasteiger partial charge is 0.415 e. The van der Waals surface area contributed by atoms with Gasteiger partial charge in [0.25, 0.3) is 0 Å². The zero-order chi connectivity index (χ0) is 19.5. The third-order valence-corrected chi connectivity index (χ3v) is 3.83. The van der Waals surface area contributed by atoms with Gasteiger partial charge in [-0.15, -0.1) is 11.6 Å². The molecule has 0 radical (unpaired) electrons. The van der Waals surface area contributed by atoms with Crippen LogP contribution in [0, 0.1) is 11.3 Å². The fourth-order valence-corrected chi connectivity index (χ4v) is 2.64. The summed E-state index contributed by atoms with van der Waals surface area (Å²) in [7, 11) is 0. The van der Waals surface area contributed by atoms with E-state index in [1.807, 2.05) is 6.07 Å². The maximum atomic E-state index is 12.4. The predicted molar refractivity (Wildman–Crippen MR) is 98.8 cm³/mol. The van der Waals surface area contributed by atoms with Crippen molar-refractivity contribution in [2.75, 3.05) is 29.5 Å². The molecule has 1 aromatic rings. The summed E-state index contributed by atoms with van der Waals surface area (Å²) >= 11 is 5.87. The molecule has 1 heterocycles. The van der Waals surface area contributed by atoms with Gasteiger partial charge in [-0.3, -0.25) is 9.69 Å². The van der Waals surface area contributed by atoms with Crippen LogP contribution in [0.25, 0.3) is 0 Å². The molecule has 0 fully saturated rings. The Morgan fingerprint density at radius 2 is 2.15 bits per heavy atom. The number of anilines is 2. The molecular weight excluding hydrogens is 358 g/mol. The molecule has 1 aliphatic heterocycles. The van der Waals surface area contributed by atoms with Crippen molar-refractivity contribution in [3.63, 3.8) is 0 Å². The van der Waals surface area contributed by atoms with Crippen molar-refractivity contribution in [2.24, 2.45) is 0 Å². The highest BCUT2D eigenvalue weighted by molar-refractivity contribution is 6.23. The lowest BCUT2D eigenvalue weighted by Gasteiger charge is -2.32. The van der Waals surface area contributed by atoms with Crippen LogP contribution in [-0.4, -0.2) is 42.7 Å². The van der Waals surface area contributed by atoms with Gasteiger partial charge in [0, 0.05) is 18.7 Å². The lowest BCUT2D eigenvalue weighted by atomic mass is 10.2. The summed E-state index contributed by atoms with van der Waals surface area (Å²) in [6, 6.07) is 6.94. The first-order valence-corrected chi connectivity index (χ1v) is 8.65. The Bertz CT molecular complexity index is 739. The van der Waals surface area contributed by atoms with Gasteiger partial charge in [-0.1, -0.05) is 0 Å². The topological polar surface area (TPSA) is 82.9 Å². The molecule has 1 atom stereocenters. The summed E-state index contributed by atoms with van der Waals surface area (Å²) in [5, 5.41) is 8.07. The highest BCUT2D eigenvalue weighted by Gasteiger charge is 2.29. The van der Waals surface area contributed by atoms with Crippen LogP contribution in [-0.2, 0) is 9.53 Å². The van der Waals surface area contributed by atoms with Crippen LogP contribution in [0.5, 0.6) is 5.75 Å². The zero-order valence-corrected chi connectivity index (χ0v) is 16.0. The first-order chi connectivity index (χ1) is 12.1. The van der Waals surface area contributed by atoms with E-state index in [0.29, 0.717) is 30.3 Å². The number of amides is 2. The fraction of sp³-hybridized carbons (Fsp3) is 0.500. The number of hydrogen-bond acceptors (Lipinski definition) is 5. The van der Waals surface area contributed by atoms with Crippen LogP contribution in [0.1, 0.15) is 27.7 Å². The molecule has 7 nitrogen and oxygen atoms in total. The SMILES string of the molecule is CC(=O)N(CC(Cl)C#N)c1ccc2c(c1)OCCN2C(=O)OC(C)(C)C. The second kappa shape index (κ2) is 7.83. The Balaban J connectivity index is 2.30. The molecule has 1 aliphatic rings. The predicted octanol–water partition coefficient (Wildman–Crippen LogP) is 3.30. The highest BCUT2D eigenvalue weighted by atomic mass is 35.5. The minimum Gasteiger partial charge on any atom is -0.489 e. The quantitative estimate of drug-likeness (QED) is 0.752. The summed E-state index contributed by atoms with van der Waals surface area (Å²) in [4.78, 5) is 27.2. The van der Waals surface area contributed by atoms with E-state index in [0.717, 1.165) is 0 Å². The molecule has 0 spiro atoms.